The van der Waals surface area contributed by atoms with Gasteiger partial charge in [-0.3, -0.25) is 4.79 Å². The molecule has 0 radical (unpaired) electrons. The minimum absolute atomic E-state index is 0.104. The van der Waals surface area contributed by atoms with E-state index in [1.165, 1.54) is 12.0 Å². The number of ether oxygens (including phenoxy) is 1. The summed E-state index contributed by atoms with van der Waals surface area (Å²) in [6.07, 6.45) is 6.66. The first-order valence-electron chi connectivity index (χ1n) is 8.97. The van der Waals surface area contributed by atoms with E-state index in [1.54, 1.807) is 0 Å². The molecule has 1 fully saturated rings. The molecular weight excluding hydrogens is 326 g/mol. The highest BCUT2D eigenvalue weighted by Crippen LogP contribution is 2.16. The maximum Gasteiger partial charge on any atom is 0.149 e. The molecule has 2 aliphatic rings. The van der Waals surface area contributed by atoms with Gasteiger partial charge in [-0.15, -0.1) is 0 Å². The molecule has 2 aliphatic heterocycles. The quantitative estimate of drug-likeness (QED) is 0.681. The van der Waals surface area contributed by atoms with Crippen molar-refractivity contribution in [2.24, 2.45) is 0 Å². The minimum Gasteiger partial charge on any atom is -0.387 e. The van der Waals surface area contributed by atoms with Crippen LogP contribution in [0.3, 0.4) is 0 Å². The average Bonchev–Trinajstić information content (AvgIpc) is 3.22. The van der Waals surface area contributed by atoms with Crippen LogP contribution in [0.5, 0.6) is 0 Å². The summed E-state index contributed by atoms with van der Waals surface area (Å²) in [6, 6.07) is 10.9. The predicted octanol–water partition coefficient (Wildman–Crippen LogP) is 1.94. The second-order valence-corrected chi connectivity index (χ2v) is 6.36. The van der Waals surface area contributed by atoms with Crippen molar-refractivity contribution >= 4 is 6.29 Å². The Kier molecular flexibility index (Phi) is 8.12. The zero-order valence-corrected chi connectivity index (χ0v) is 15.6. The number of hydrogen-bond donors (Lipinski definition) is 3. The van der Waals surface area contributed by atoms with Crippen molar-refractivity contribution in [3.63, 3.8) is 0 Å². The Morgan fingerprint density at radius 1 is 1.35 bits per heavy atom. The molecule has 1 aromatic rings. The molecule has 0 bridgehead atoms. The highest BCUT2D eigenvalue weighted by molar-refractivity contribution is 5.79. The Balaban J connectivity index is 0.000000290. The van der Waals surface area contributed by atoms with Gasteiger partial charge in [0.05, 0.1) is 18.0 Å². The molecule has 0 saturated carbocycles. The van der Waals surface area contributed by atoms with E-state index in [1.807, 2.05) is 44.4 Å². The lowest BCUT2D eigenvalue weighted by atomic mass is 9.99. The van der Waals surface area contributed by atoms with E-state index in [2.05, 4.69) is 34.7 Å². The number of benzene rings is 1. The third-order valence-electron chi connectivity index (χ3n) is 4.44. The first kappa shape index (κ1) is 19.9. The fourth-order valence-electron chi connectivity index (χ4n) is 2.85. The molecule has 3 N–H and O–H groups in total. The monoisotopic (exact) mass is 355 g/mol. The molecule has 2 atom stereocenters. The van der Waals surface area contributed by atoms with Crippen LogP contribution in [0.4, 0.5) is 0 Å². The van der Waals surface area contributed by atoms with Crippen molar-refractivity contribution in [2.45, 2.75) is 24.9 Å². The number of rotatable bonds is 6. The summed E-state index contributed by atoms with van der Waals surface area (Å²) in [7, 11) is 3.79. The molecule has 0 spiro atoms. The number of hydrogen-bond acceptors (Lipinski definition) is 5. The lowest BCUT2D eigenvalue weighted by Crippen LogP contribution is -2.34. The molecule has 1 aromatic carbocycles. The smallest absolute Gasteiger partial charge is 0.149 e. The summed E-state index contributed by atoms with van der Waals surface area (Å²) >= 11 is 0. The average molecular weight is 355 g/mol. The zero-order chi connectivity index (χ0) is 18.8. The van der Waals surface area contributed by atoms with Crippen LogP contribution >= 0.6 is 0 Å². The molecule has 0 amide bonds. The van der Waals surface area contributed by atoms with E-state index in [-0.39, 0.29) is 6.04 Å². The van der Waals surface area contributed by atoms with Gasteiger partial charge in [0.1, 0.15) is 6.29 Å². The maximum absolute atomic E-state index is 11.0. The molecule has 5 nitrogen and oxygen atoms in total. The van der Waals surface area contributed by atoms with E-state index in [4.69, 9.17) is 4.74 Å². The maximum atomic E-state index is 11.0. The van der Waals surface area contributed by atoms with Crippen LogP contribution in [-0.4, -0.2) is 45.7 Å². The van der Waals surface area contributed by atoms with E-state index in [9.17, 15) is 4.79 Å². The van der Waals surface area contributed by atoms with Gasteiger partial charge >= 0.3 is 0 Å². The number of dihydropyridines is 1. The third-order valence-corrected chi connectivity index (χ3v) is 4.44. The number of carbonyl (C=O) groups excluding carboxylic acids is 1. The van der Waals surface area contributed by atoms with Crippen molar-refractivity contribution in [1.82, 2.24) is 16.0 Å². The van der Waals surface area contributed by atoms with Gasteiger partial charge in [-0.1, -0.05) is 43.0 Å². The van der Waals surface area contributed by atoms with Gasteiger partial charge < -0.3 is 20.7 Å². The van der Waals surface area contributed by atoms with Gasteiger partial charge in [0.15, 0.2) is 0 Å². The number of aldehydes is 1. The number of carbonyl (C=O) groups is 1. The lowest BCUT2D eigenvalue weighted by molar-refractivity contribution is -0.104. The van der Waals surface area contributed by atoms with Crippen LogP contribution in [0.15, 0.2) is 66.0 Å². The summed E-state index contributed by atoms with van der Waals surface area (Å²) in [5.41, 5.74) is 3.57. The molecule has 140 valence electrons. The van der Waals surface area contributed by atoms with Crippen LogP contribution in [0.25, 0.3) is 0 Å². The summed E-state index contributed by atoms with van der Waals surface area (Å²) in [6.45, 7) is 5.76. The Bertz CT molecular complexity index is 646. The topological polar surface area (TPSA) is 62.4 Å². The zero-order valence-electron chi connectivity index (χ0n) is 15.6. The van der Waals surface area contributed by atoms with Gasteiger partial charge in [-0.2, -0.15) is 0 Å². The molecule has 2 unspecified atom stereocenters. The molecule has 2 heterocycles. The van der Waals surface area contributed by atoms with E-state index in [0.717, 1.165) is 37.3 Å². The second-order valence-electron chi connectivity index (χ2n) is 6.36. The molecule has 0 aliphatic carbocycles. The van der Waals surface area contributed by atoms with Crippen molar-refractivity contribution in [2.75, 3.05) is 27.3 Å². The Morgan fingerprint density at radius 3 is 2.65 bits per heavy atom. The van der Waals surface area contributed by atoms with Crippen LogP contribution in [0, 0.1) is 0 Å². The Labute approximate surface area is 156 Å². The molecule has 26 heavy (non-hydrogen) atoms. The van der Waals surface area contributed by atoms with Gasteiger partial charge in [-0.05, 0) is 31.5 Å². The predicted molar refractivity (Wildman–Crippen MR) is 106 cm³/mol. The molecule has 5 heteroatoms. The normalized spacial score (nSPS) is 21.5. The van der Waals surface area contributed by atoms with Crippen molar-refractivity contribution in [3.05, 3.63) is 71.6 Å². The largest absolute Gasteiger partial charge is 0.387 e. The number of likely N-dealkylation sites (N-methyl/N-ethyl adjacent to an activating group) is 2. The van der Waals surface area contributed by atoms with Crippen molar-refractivity contribution in [3.8, 4) is 0 Å². The summed E-state index contributed by atoms with van der Waals surface area (Å²) in [4.78, 5) is 11.0. The molecule has 0 aromatic heterocycles. The fourth-order valence-corrected chi connectivity index (χ4v) is 2.85. The van der Waals surface area contributed by atoms with E-state index in [0.29, 0.717) is 11.6 Å². The van der Waals surface area contributed by atoms with Crippen molar-refractivity contribution < 1.29 is 9.53 Å². The Hall–Kier alpha value is -2.37. The highest BCUT2D eigenvalue weighted by Gasteiger charge is 2.15. The van der Waals surface area contributed by atoms with Crippen molar-refractivity contribution in [1.29, 1.82) is 0 Å². The van der Waals surface area contributed by atoms with Crippen LogP contribution < -0.4 is 16.0 Å². The third kappa shape index (κ3) is 6.17. The van der Waals surface area contributed by atoms with Gasteiger partial charge in [-0.25, -0.2) is 0 Å². The summed E-state index contributed by atoms with van der Waals surface area (Å²) in [5.74, 6) is 0. The first-order valence-corrected chi connectivity index (χ1v) is 8.97. The van der Waals surface area contributed by atoms with Gasteiger partial charge in [0.2, 0.25) is 0 Å². The SMILES string of the molecule is C=C(NC)C1=CC(C=O)=CC(Cc2ccccc2)N1.CNC1CCOC1. The minimum atomic E-state index is 0.104. The lowest BCUT2D eigenvalue weighted by Gasteiger charge is -2.24. The van der Waals surface area contributed by atoms with Gasteiger partial charge in [0, 0.05) is 31.3 Å². The fraction of sp³-hybridized carbons (Fsp3) is 0.381. The Morgan fingerprint density at radius 2 is 2.12 bits per heavy atom. The number of nitrogens with one attached hydrogen (secondary N) is 3. The van der Waals surface area contributed by atoms with Crippen LogP contribution in [-0.2, 0) is 16.0 Å². The second kappa shape index (κ2) is 10.6. The van der Waals surface area contributed by atoms with E-state index < -0.39 is 0 Å². The summed E-state index contributed by atoms with van der Waals surface area (Å²) in [5, 5.41) is 9.51. The van der Waals surface area contributed by atoms with Gasteiger partial charge in [0.25, 0.3) is 0 Å². The standard InChI is InChI=1S/C16H18N2O.C5H11NO/c1-12(17-2)16-10-14(11-19)9-15(18-16)8-13-6-4-3-5-7-13;1-6-5-2-3-7-4-5/h3-7,9-11,15,17-18H,1,8H2,2H3;5-6H,2-4H2,1H3. The molecule has 1 saturated heterocycles. The number of allylic oxidation sites excluding steroid dienone is 2. The molecule has 3 rings (SSSR count). The first-order chi connectivity index (χ1) is 12.7. The van der Waals surface area contributed by atoms with E-state index >= 15 is 0 Å². The summed E-state index contributed by atoms with van der Waals surface area (Å²) < 4.78 is 5.09. The van der Waals surface area contributed by atoms with Crippen LogP contribution in [0.2, 0.25) is 0 Å². The highest BCUT2D eigenvalue weighted by atomic mass is 16.5. The van der Waals surface area contributed by atoms with Crippen LogP contribution in [0.1, 0.15) is 12.0 Å². The molecular formula is C21H29N3O2.